The first-order chi connectivity index (χ1) is 7.90. The normalized spacial score (nSPS) is 10.9. The van der Waals surface area contributed by atoms with Gasteiger partial charge < -0.3 is 14.8 Å². The summed E-state index contributed by atoms with van der Waals surface area (Å²) in [5, 5.41) is 3.61. The van der Waals surface area contributed by atoms with Gasteiger partial charge in [-0.05, 0) is 32.0 Å². The molecule has 0 fully saturated rings. The van der Waals surface area contributed by atoms with E-state index in [9.17, 15) is 4.79 Å². The summed E-state index contributed by atoms with van der Waals surface area (Å²) < 4.78 is 9.90. The Morgan fingerprint density at radius 3 is 2.53 bits per heavy atom. The van der Waals surface area contributed by atoms with E-state index in [2.05, 4.69) is 5.32 Å². The van der Waals surface area contributed by atoms with Gasteiger partial charge in [0.25, 0.3) is 0 Å². The summed E-state index contributed by atoms with van der Waals surface area (Å²) in [6.07, 6.45) is 0. The number of methoxy groups -OCH3 is 2. The minimum atomic E-state index is -0.854. The maximum Gasteiger partial charge on any atom is 0.330 e. The van der Waals surface area contributed by atoms with Crippen molar-refractivity contribution in [1.82, 2.24) is 0 Å². The summed E-state index contributed by atoms with van der Waals surface area (Å²) in [5.74, 6) is 0.255. The van der Waals surface area contributed by atoms with Crippen molar-refractivity contribution in [3.05, 3.63) is 23.2 Å². The number of esters is 1. The molecular formula is C12H16ClNO3. The molecule has 0 atom stereocenters. The molecule has 1 aromatic rings. The molecule has 1 rings (SSSR count). The van der Waals surface area contributed by atoms with Crippen LogP contribution in [-0.4, -0.2) is 25.7 Å². The number of rotatable bonds is 4. The number of hydrogen-bond acceptors (Lipinski definition) is 4. The van der Waals surface area contributed by atoms with Gasteiger partial charge in [-0.15, -0.1) is 0 Å². The molecule has 4 nitrogen and oxygen atoms in total. The molecule has 1 aromatic carbocycles. The number of anilines is 1. The molecular weight excluding hydrogens is 242 g/mol. The van der Waals surface area contributed by atoms with Crippen LogP contribution in [0.2, 0.25) is 5.02 Å². The lowest BCUT2D eigenvalue weighted by molar-refractivity contribution is -0.144. The minimum Gasteiger partial charge on any atom is -0.495 e. The maximum atomic E-state index is 11.6. The fraction of sp³-hybridized carbons (Fsp3) is 0.417. The van der Waals surface area contributed by atoms with Crippen LogP contribution in [0, 0.1) is 0 Å². The summed E-state index contributed by atoms with van der Waals surface area (Å²) in [6, 6.07) is 5.15. The molecule has 0 saturated heterocycles. The standard InChI is InChI=1S/C12H16ClNO3/c1-12(2,11(15)17-4)14-9-7-8(13)5-6-10(9)16-3/h5-7,14H,1-4H3. The number of benzene rings is 1. The molecule has 0 amide bonds. The van der Waals surface area contributed by atoms with Gasteiger partial charge in [-0.25, -0.2) is 4.79 Å². The molecule has 5 heteroatoms. The van der Waals surface area contributed by atoms with Gasteiger partial charge in [0.1, 0.15) is 11.3 Å². The van der Waals surface area contributed by atoms with Gasteiger partial charge in [0.15, 0.2) is 0 Å². The van der Waals surface area contributed by atoms with Crippen LogP contribution in [0.1, 0.15) is 13.8 Å². The molecule has 0 bridgehead atoms. The van der Waals surface area contributed by atoms with Crippen molar-refractivity contribution >= 4 is 23.3 Å². The van der Waals surface area contributed by atoms with E-state index in [0.29, 0.717) is 16.5 Å². The van der Waals surface area contributed by atoms with E-state index in [1.165, 1.54) is 7.11 Å². The predicted octanol–water partition coefficient (Wildman–Crippen LogP) is 2.71. The van der Waals surface area contributed by atoms with Crippen LogP contribution in [0.4, 0.5) is 5.69 Å². The van der Waals surface area contributed by atoms with Gasteiger partial charge in [0.2, 0.25) is 0 Å². The molecule has 0 aliphatic rings. The SMILES string of the molecule is COC(=O)C(C)(C)Nc1cc(Cl)ccc1OC. The third-order valence-corrected chi connectivity index (χ3v) is 2.54. The number of carbonyl (C=O) groups excluding carboxylic acids is 1. The molecule has 0 radical (unpaired) electrons. The summed E-state index contributed by atoms with van der Waals surface area (Å²) in [4.78, 5) is 11.6. The molecule has 0 aliphatic heterocycles. The Bertz CT molecular complexity index is 418. The van der Waals surface area contributed by atoms with Crippen LogP contribution in [0.3, 0.4) is 0 Å². The van der Waals surface area contributed by atoms with E-state index in [-0.39, 0.29) is 5.97 Å². The van der Waals surface area contributed by atoms with Gasteiger partial charge in [0.05, 0.1) is 19.9 Å². The quantitative estimate of drug-likeness (QED) is 0.843. The molecule has 0 aromatic heterocycles. The second kappa shape index (κ2) is 5.27. The van der Waals surface area contributed by atoms with Crippen LogP contribution in [-0.2, 0) is 9.53 Å². The maximum absolute atomic E-state index is 11.6. The van der Waals surface area contributed by atoms with Crippen molar-refractivity contribution in [1.29, 1.82) is 0 Å². The monoisotopic (exact) mass is 257 g/mol. The number of hydrogen-bond donors (Lipinski definition) is 1. The van der Waals surface area contributed by atoms with Crippen LogP contribution < -0.4 is 10.1 Å². The Kier molecular flexibility index (Phi) is 4.23. The van der Waals surface area contributed by atoms with E-state index >= 15 is 0 Å². The van der Waals surface area contributed by atoms with E-state index in [1.54, 1.807) is 39.2 Å². The fourth-order valence-corrected chi connectivity index (χ4v) is 1.59. The van der Waals surface area contributed by atoms with E-state index in [0.717, 1.165) is 0 Å². The smallest absolute Gasteiger partial charge is 0.330 e. The largest absolute Gasteiger partial charge is 0.495 e. The zero-order valence-corrected chi connectivity index (χ0v) is 11.1. The number of ether oxygens (including phenoxy) is 2. The Morgan fingerprint density at radius 2 is 2.00 bits per heavy atom. The molecule has 1 N–H and O–H groups in total. The van der Waals surface area contributed by atoms with Gasteiger partial charge in [-0.2, -0.15) is 0 Å². The molecule has 94 valence electrons. The van der Waals surface area contributed by atoms with E-state index < -0.39 is 5.54 Å². The summed E-state index contributed by atoms with van der Waals surface area (Å²) in [6.45, 7) is 3.44. The number of carbonyl (C=O) groups is 1. The highest BCUT2D eigenvalue weighted by Crippen LogP contribution is 2.30. The topological polar surface area (TPSA) is 47.6 Å². The van der Waals surface area contributed by atoms with Crippen molar-refractivity contribution in [3.63, 3.8) is 0 Å². The average molecular weight is 258 g/mol. The molecule has 0 unspecified atom stereocenters. The zero-order chi connectivity index (χ0) is 13.1. The first kappa shape index (κ1) is 13.6. The van der Waals surface area contributed by atoms with Crippen molar-refractivity contribution in [3.8, 4) is 5.75 Å². The van der Waals surface area contributed by atoms with Gasteiger partial charge in [0, 0.05) is 5.02 Å². The van der Waals surface area contributed by atoms with Crippen molar-refractivity contribution < 1.29 is 14.3 Å². The van der Waals surface area contributed by atoms with Gasteiger partial charge in [-0.3, -0.25) is 0 Å². The molecule has 0 aliphatic carbocycles. The van der Waals surface area contributed by atoms with Crippen molar-refractivity contribution in [2.24, 2.45) is 0 Å². The molecule has 0 spiro atoms. The lowest BCUT2D eigenvalue weighted by Gasteiger charge is -2.25. The number of halogens is 1. The van der Waals surface area contributed by atoms with Crippen molar-refractivity contribution in [2.75, 3.05) is 19.5 Å². The first-order valence-corrected chi connectivity index (χ1v) is 5.48. The lowest BCUT2D eigenvalue weighted by atomic mass is 10.1. The van der Waals surface area contributed by atoms with E-state index in [1.807, 2.05) is 0 Å². The zero-order valence-electron chi connectivity index (χ0n) is 10.3. The summed E-state index contributed by atoms with van der Waals surface area (Å²) >= 11 is 5.90. The Morgan fingerprint density at radius 1 is 1.35 bits per heavy atom. The highest BCUT2D eigenvalue weighted by atomic mass is 35.5. The summed E-state index contributed by atoms with van der Waals surface area (Å²) in [7, 11) is 2.90. The Hall–Kier alpha value is -1.42. The van der Waals surface area contributed by atoms with Crippen LogP contribution in [0.15, 0.2) is 18.2 Å². The average Bonchev–Trinajstić information content (AvgIpc) is 2.27. The third-order valence-electron chi connectivity index (χ3n) is 2.30. The number of nitrogens with one attached hydrogen (secondary N) is 1. The van der Waals surface area contributed by atoms with Crippen LogP contribution in [0.5, 0.6) is 5.75 Å². The van der Waals surface area contributed by atoms with Crippen LogP contribution >= 0.6 is 11.6 Å². The highest BCUT2D eigenvalue weighted by Gasteiger charge is 2.29. The highest BCUT2D eigenvalue weighted by molar-refractivity contribution is 6.30. The Balaban J connectivity index is 3.01. The van der Waals surface area contributed by atoms with Crippen molar-refractivity contribution in [2.45, 2.75) is 19.4 Å². The van der Waals surface area contributed by atoms with Gasteiger partial charge in [-0.1, -0.05) is 11.6 Å². The van der Waals surface area contributed by atoms with Gasteiger partial charge >= 0.3 is 5.97 Å². The predicted molar refractivity (Wildman–Crippen MR) is 67.7 cm³/mol. The first-order valence-electron chi connectivity index (χ1n) is 5.11. The molecule has 0 saturated carbocycles. The third kappa shape index (κ3) is 3.27. The lowest BCUT2D eigenvalue weighted by Crippen LogP contribution is -2.41. The second-order valence-electron chi connectivity index (χ2n) is 4.09. The fourth-order valence-electron chi connectivity index (χ4n) is 1.42. The molecule has 17 heavy (non-hydrogen) atoms. The second-order valence-corrected chi connectivity index (χ2v) is 4.52. The Labute approximate surface area is 106 Å². The van der Waals surface area contributed by atoms with E-state index in [4.69, 9.17) is 21.1 Å². The minimum absolute atomic E-state index is 0.362. The van der Waals surface area contributed by atoms with Crippen LogP contribution in [0.25, 0.3) is 0 Å². The molecule has 0 heterocycles. The summed E-state index contributed by atoms with van der Waals surface area (Å²) in [5.41, 5.74) is -0.206.